The lowest BCUT2D eigenvalue weighted by atomic mass is 9.79. The Hall–Kier alpha value is -0.610. The summed E-state index contributed by atoms with van der Waals surface area (Å²) < 4.78 is 0. The van der Waals surface area contributed by atoms with Gasteiger partial charge < -0.3 is 10.6 Å². The molecule has 1 heterocycles. The molecule has 1 saturated carbocycles. The highest BCUT2D eigenvalue weighted by molar-refractivity contribution is 5.76. The monoisotopic (exact) mass is 281 g/mol. The zero-order valence-electron chi connectivity index (χ0n) is 13.0. The first-order chi connectivity index (χ1) is 9.75. The Kier molecular flexibility index (Phi) is 6.80. The molecule has 116 valence electrons. The van der Waals surface area contributed by atoms with Crippen LogP contribution in [0.25, 0.3) is 0 Å². The summed E-state index contributed by atoms with van der Waals surface area (Å²) in [6.45, 7) is 8.41. The highest BCUT2D eigenvalue weighted by Gasteiger charge is 2.22. The van der Waals surface area contributed by atoms with E-state index in [2.05, 4.69) is 22.5 Å². The molecule has 1 saturated heterocycles. The molecule has 1 aliphatic heterocycles. The molecule has 0 radical (unpaired) electrons. The smallest absolute Gasteiger partial charge is 0.220 e. The molecule has 1 aliphatic carbocycles. The van der Waals surface area contributed by atoms with Crippen molar-refractivity contribution in [1.82, 2.24) is 15.5 Å². The van der Waals surface area contributed by atoms with Crippen LogP contribution in [-0.4, -0.2) is 50.1 Å². The molecule has 1 atom stereocenters. The Morgan fingerprint density at radius 1 is 1.25 bits per heavy atom. The Morgan fingerprint density at radius 2 is 1.95 bits per heavy atom. The van der Waals surface area contributed by atoms with E-state index in [4.69, 9.17) is 0 Å². The molecule has 0 aromatic heterocycles. The third-order valence-electron chi connectivity index (χ3n) is 4.92. The predicted molar refractivity (Wildman–Crippen MR) is 82.7 cm³/mol. The molecular formula is C16H31N3O. The summed E-state index contributed by atoms with van der Waals surface area (Å²) in [7, 11) is 0. The fraction of sp³-hybridized carbons (Fsp3) is 0.938. The zero-order valence-corrected chi connectivity index (χ0v) is 13.0. The van der Waals surface area contributed by atoms with Gasteiger partial charge in [-0.15, -0.1) is 0 Å². The summed E-state index contributed by atoms with van der Waals surface area (Å²) in [5.41, 5.74) is 0. The van der Waals surface area contributed by atoms with Crippen molar-refractivity contribution in [1.29, 1.82) is 0 Å². The van der Waals surface area contributed by atoms with Crippen molar-refractivity contribution in [3.63, 3.8) is 0 Å². The number of nitrogens with one attached hydrogen (secondary N) is 2. The molecule has 4 heteroatoms. The molecule has 1 unspecified atom stereocenters. The van der Waals surface area contributed by atoms with Gasteiger partial charge in [-0.1, -0.05) is 39.0 Å². The maximum atomic E-state index is 12.0. The molecular weight excluding hydrogens is 250 g/mol. The lowest BCUT2D eigenvalue weighted by Gasteiger charge is -2.28. The first-order valence-electron chi connectivity index (χ1n) is 8.45. The number of hydrogen-bond donors (Lipinski definition) is 2. The first-order valence-corrected chi connectivity index (χ1v) is 8.45. The number of nitrogens with zero attached hydrogens (tertiary/aromatic N) is 1. The Bertz CT molecular complexity index is 283. The van der Waals surface area contributed by atoms with E-state index in [0.29, 0.717) is 12.3 Å². The third-order valence-corrected chi connectivity index (χ3v) is 4.92. The van der Waals surface area contributed by atoms with E-state index in [1.165, 1.54) is 32.1 Å². The Morgan fingerprint density at radius 3 is 2.65 bits per heavy atom. The molecule has 2 aliphatic rings. The van der Waals surface area contributed by atoms with Gasteiger partial charge in [0.2, 0.25) is 5.91 Å². The minimum Gasteiger partial charge on any atom is -0.355 e. The normalized spacial score (nSPS) is 23.4. The van der Waals surface area contributed by atoms with Crippen LogP contribution >= 0.6 is 0 Å². The van der Waals surface area contributed by atoms with Crippen LogP contribution in [0.1, 0.15) is 45.4 Å². The second kappa shape index (κ2) is 8.63. The summed E-state index contributed by atoms with van der Waals surface area (Å²) in [5.74, 6) is 1.58. The minimum atomic E-state index is 0.248. The van der Waals surface area contributed by atoms with Crippen LogP contribution in [0.2, 0.25) is 0 Å². The second-order valence-electron chi connectivity index (χ2n) is 6.52. The fourth-order valence-electron chi connectivity index (χ4n) is 3.52. The minimum absolute atomic E-state index is 0.248. The molecule has 20 heavy (non-hydrogen) atoms. The lowest BCUT2D eigenvalue weighted by Crippen LogP contribution is -2.46. The summed E-state index contributed by atoms with van der Waals surface area (Å²) >= 11 is 0. The van der Waals surface area contributed by atoms with Gasteiger partial charge in [-0.25, -0.2) is 0 Å². The molecule has 1 amide bonds. The SMILES string of the molecule is CC(CC(=O)NCCN1CCNCC1)C1CCCCC1. The van der Waals surface area contributed by atoms with Gasteiger partial charge >= 0.3 is 0 Å². The molecule has 0 bridgehead atoms. The number of rotatable bonds is 6. The van der Waals surface area contributed by atoms with Crippen LogP contribution in [-0.2, 0) is 4.79 Å². The average Bonchev–Trinajstić information content (AvgIpc) is 2.49. The molecule has 0 aromatic rings. The molecule has 2 N–H and O–H groups in total. The summed E-state index contributed by atoms with van der Waals surface area (Å²) in [4.78, 5) is 14.4. The zero-order chi connectivity index (χ0) is 14.2. The molecule has 0 aromatic carbocycles. The van der Waals surface area contributed by atoms with Gasteiger partial charge in [0.1, 0.15) is 0 Å². The van der Waals surface area contributed by atoms with Crippen molar-refractivity contribution < 1.29 is 4.79 Å². The van der Waals surface area contributed by atoms with E-state index in [1.54, 1.807) is 0 Å². The lowest BCUT2D eigenvalue weighted by molar-refractivity contribution is -0.122. The second-order valence-corrected chi connectivity index (χ2v) is 6.52. The van der Waals surface area contributed by atoms with Crippen molar-refractivity contribution in [3.05, 3.63) is 0 Å². The van der Waals surface area contributed by atoms with Gasteiger partial charge in [0.05, 0.1) is 0 Å². The largest absolute Gasteiger partial charge is 0.355 e. The summed E-state index contributed by atoms with van der Waals surface area (Å²) in [5, 5.41) is 6.45. The van der Waals surface area contributed by atoms with Crippen LogP contribution < -0.4 is 10.6 Å². The average molecular weight is 281 g/mol. The van der Waals surface area contributed by atoms with E-state index in [1.807, 2.05) is 0 Å². The van der Waals surface area contributed by atoms with Gasteiger partial charge in [0, 0.05) is 45.7 Å². The number of carbonyl (C=O) groups is 1. The van der Waals surface area contributed by atoms with Crippen molar-refractivity contribution in [2.24, 2.45) is 11.8 Å². The van der Waals surface area contributed by atoms with E-state index >= 15 is 0 Å². The van der Waals surface area contributed by atoms with Gasteiger partial charge in [-0.05, 0) is 11.8 Å². The van der Waals surface area contributed by atoms with Crippen LogP contribution in [0, 0.1) is 11.8 Å². The quantitative estimate of drug-likeness (QED) is 0.777. The topological polar surface area (TPSA) is 44.4 Å². The van der Waals surface area contributed by atoms with Crippen molar-refractivity contribution in [2.75, 3.05) is 39.3 Å². The van der Waals surface area contributed by atoms with E-state index in [9.17, 15) is 4.79 Å². The third kappa shape index (κ3) is 5.41. The van der Waals surface area contributed by atoms with Crippen molar-refractivity contribution in [3.8, 4) is 0 Å². The first kappa shape index (κ1) is 15.8. The Balaban J connectivity index is 1.57. The van der Waals surface area contributed by atoms with Gasteiger partial charge in [0.25, 0.3) is 0 Å². The molecule has 2 rings (SSSR count). The fourth-order valence-corrected chi connectivity index (χ4v) is 3.52. The van der Waals surface area contributed by atoms with Gasteiger partial charge in [-0.3, -0.25) is 9.69 Å². The maximum absolute atomic E-state index is 12.0. The van der Waals surface area contributed by atoms with Crippen molar-refractivity contribution >= 4 is 5.91 Å². The van der Waals surface area contributed by atoms with Gasteiger partial charge in [0.15, 0.2) is 0 Å². The number of piperazine rings is 1. The Labute approximate surface area is 123 Å². The van der Waals surface area contributed by atoms with E-state index in [0.717, 1.165) is 45.2 Å². The van der Waals surface area contributed by atoms with E-state index < -0.39 is 0 Å². The highest BCUT2D eigenvalue weighted by Crippen LogP contribution is 2.31. The summed E-state index contributed by atoms with van der Waals surface area (Å²) in [6.07, 6.45) is 7.48. The molecule has 0 spiro atoms. The van der Waals surface area contributed by atoms with Crippen LogP contribution in [0.15, 0.2) is 0 Å². The van der Waals surface area contributed by atoms with Crippen LogP contribution in [0.3, 0.4) is 0 Å². The summed E-state index contributed by atoms with van der Waals surface area (Å²) in [6, 6.07) is 0. The number of amides is 1. The number of hydrogen-bond acceptors (Lipinski definition) is 3. The highest BCUT2D eigenvalue weighted by atomic mass is 16.1. The predicted octanol–water partition coefficient (Wildman–Crippen LogP) is 1.61. The van der Waals surface area contributed by atoms with E-state index in [-0.39, 0.29) is 5.91 Å². The van der Waals surface area contributed by atoms with Crippen LogP contribution in [0.5, 0.6) is 0 Å². The standard InChI is InChI=1S/C16H31N3O/c1-14(15-5-3-2-4-6-15)13-16(20)18-9-12-19-10-7-17-8-11-19/h14-15,17H,2-13H2,1H3,(H,18,20). The van der Waals surface area contributed by atoms with Gasteiger partial charge in [-0.2, -0.15) is 0 Å². The molecule has 2 fully saturated rings. The van der Waals surface area contributed by atoms with Crippen molar-refractivity contribution in [2.45, 2.75) is 45.4 Å². The molecule has 4 nitrogen and oxygen atoms in total. The van der Waals surface area contributed by atoms with Crippen LogP contribution in [0.4, 0.5) is 0 Å². The maximum Gasteiger partial charge on any atom is 0.220 e. The number of carbonyl (C=O) groups excluding carboxylic acids is 1.